The number of carbonyl (C=O) groups is 1. The Hall–Kier alpha value is -3.15. The van der Waals surface area contributed by atoms with Gasteiger partial charge in [0.1, 0.15) is 11.5 Å². The first kappa shape index (κ1) is 20.1. The maximum Gasteiger partial charge on any atom is 0.258 e. The fourth-order valence-electron chi connectivity index (χ4n) is 3.07. The summed E-state index contributed by atoms with van der Waals surface area (Å²) in [6, 6.07) is 14.2. The molecule has 0 fully saturated rings. The van der Waals surface area contributed by atoms with Crippen molar-refractivity contribution in [3.05, 3.63) is 87.8 Å². The zero-order valence-electron chi connectivity index (χ0n) is 16.2. The van der Waals surface area contributed by atoms with E-state index >= 15 is 0 Å². The van der Waals surface area contributed by atoms with E-state index in [9.17, 15) is 4.79 Å². The Balaban J connectivity index is 1.74. The number of para-hydroxylation sites is 1. The number of aryl methyl sites for hydroxylation is 2. The van der Waals surface area contributed by atoms with Gasteiger partial charge in [-0.25, -0.2) is 0 Å². The van der Waals surface area contributed by atoms with E-state index in [1.54, 1.807) is 36.7 Å². The summed E-state index contributed by atoms with van der Waals surface area (Å²) in [4.78, 5) is 21.6. The largest absolute Gasteiger partial charge is 0.455 e. The molecule has 0 atom stereocenters. The van der Waals surface area contributed by atoms with Crippen molar-refractivity contribution in [2.75, 3.05) is 5.32 Å². The summed E-state index contributed by atoms with van der Waals surface area (Å²) < 4.78 is 6.10. The van der Waals surface area contributed by atoms with Gasteiger partial charge < -0.3 is 10.1 Å². The number of hydrogen-bond donors (Lipinski definition) is 1. The lowest BCUT2D eigenvalue weighted by Gasteiger charge is -2.14. The summed E-state index contributed by atoms with van der Waals surface area (Å²) in [5.74, 6) is 0.858. The first-order valence-corrected chi connectivity index (χ1v) is 9.94. The number of fused-ring (bicyclic) bond motifs is 1. The van der Waals surface area contributed by atoms with Crippen LogP contribution in [0.4, 0.5) is 5.69 Å². The summed E-state index contributed by atoms with van der Waals surface area (Å²) in [5, 5.41) is 4.18. The normalized spacial score (nSPS) is 10.8. The summed E-state index contributed by atoms with van der Waals surface area (Å²) in [7, 11) is 0. The van der Waals surface area contributed by atoms with E-state index in [1.165, 1.54) is 0 Å². The number of rotatable bonds is 4. The lowest BCUT2D eigenvalue weighted by molar-refractivity contribution is 0.102. The van der Waals surface area contributed by atoms with Crippen LogP contribution >= 0.6 is 23.2 Å². The SMILES string of the molecule is Cc1ccc(Oc2c(C)cnc3c(NC(=O)c4c(Cl)cccc4Cl)cccc23)cn1. The quantitative estimate of drug-likeness (QED) is 0.390. The van der Waals surface area contributed by atoms with E-state index < -0.39 is 5.91 Å². The number of carbonyl (C=O) groups excluding carboxylic acids is 1. The second-order valence-corrected chi connectivity index (χ2v) is 7.57. The molecule has 2 heterocycles. The molecule has 0 saturated carbocycles. The van der Waals surface area contributed by atoms with Gasteiger partial charge in [0, 0.05) is 22.8 Å². The van der Waals surface area contributed by atoms with Crippen molar-refractivity contribution in [3.8, 4) is 11.5 Å². The van der Waals surface area contributed by atoms with Gasteiger partial charge in [-0.05, 0) is 50.2 Å². The molecule has 0 radical (unpaired) electrons. The number of amides is 1. The number of benzene rings is 2. The van der Waals surface area contributed by atoms with Crippen LogP contribution in [0.25, 0.3) is 10.9 Å². The van der Waals surface area contributed by atoms with Gasteiger partial charge >= 0.3 is 0 Å². The summed E-state index contributed by atoms with van der Waals surface area (Å²) >= 11 is 12.3. The third-order valence-corrected chi connectivity index (χ3v) is 5.20. The van der Waals surface area contributed by atoms with Gasteiger partial charge in [0.25, 0.3) is 5.91 Å². The molecule has 5 nitrogen and oxygen atoms in total. The van der Waals surface area contributed by atoms with Crippen LogP contribution in [-0.2, 0) is 0 Å². The molecule has 30 heavy (non-hydrogen) atoms. The molecule has 4 aromatic rings. The maximum absolute atomic E-state index is 12.8. The molecule has 1 amide bonds. The van der Waals surface area contributed by atoms with Crippen LogP contribution in [0.1, 0.15) is 21.6 Å². The second-order valence-electron chi connectivity index (χ2n) is 6.76. The first-order chi connectivity index (χ1) is 14.4. The van der Waals surface area contributed by atoms with E-state index in [4.69, 9.17) is 27.9 Å². The van der Waals surface area contributed by atoms with E-state index in [2.05, 4.69) is 15.3 Å². The number of nitrogens with zero attached hydrogens (tertiary/aromatic N) is 2. The van der Waals surface area contributed by atoms with E-state index in [0.717, 1.165) is 16.6 Å². The molecule has 1 N–H and O–H groups in total. The maximum atomic E-state index is 12.8. The molecular weight excluding hydrogens is 421 g/mol. The molecular formula is C23H17Cl2N3O2. The minimum absolute atomic E-state index is 0.215. The number of pyridine rings is 2. The molecule has 4 rings (SSSR count). The fraction of sp³-hybridized carbons (Fsp3) is 0.0870. The van der Waals surface area contributed by atoms with Crippen LogP contribution in [-0.4, -0.2) is 15.9 Å². The molecule has 0 bridgehead atoms. The summed E-state index contributed by atoms with van der Waals surface area (Å²) in [5.41, 5.74) is 3.10. The van der Waals surface area contributed by atoms with Crippen LogP contribution in [0.2, 0.25) is 10.0 Å². The molecule has 2 aromatic carbocycles. The highest BCUT2D eigenvalue weighted by Gasteiger charge is 2.17. The Morgan fingerprint density at radius 3 is 2.37 bits per heavy atom. The Morgan fingerprint density at radius 1 is 0.933 bits per heavy atom. The van der Waals surface area contributed by atoms with Crippen molar-refractivity contribution in [1.82, 2.24) is 9.97 Å². The Kier molecular flexibility index (Phi) is 5.57. The van der Waals surface area contributed by atoms with Gasteiger partial charge in [0.15, 0.2) is 0 Å². The molecule has 0 unspecified atom stereocenters. The van der Waals surface area contributed by atoms with Crippen LogP contribution in [0, 0.1) is 13.8 Å². The van der Waals surface area contributed by atoms with Crippen molar-refractivity contribution < 1.29 is 9.53 Å². The van der Waals surface area contributed by atoms with Gasteiger partial charge in [-0.1, -0.05) is 35.3 Å². The zero-order valence-corrected chi connectivity index (χ0v) is 17.8. The summed E-state index contributed by atoms with van der Waals surface area (Å²) in [6.45, 7) is 3.83. The number of nitrogens with one attached hydrogen (secondary N) is 1. The number of hydrogen-bond acceptors (Lipinski definition) is 4. The van der Waals surface area contributed by atoms with Gasteiger partial charge in [-0.2, -0.15) is 0 Å². The van der Waals surface area contributed by atoms with Crippen molar-refractivity contribution in [2.24, 2.45) is 0 Å². The topological polar surface area (TPSA) is 64.1 Å². The molecule has 150 valence electrons. The monoisotopic (exact) mass is 437 g/mol. The molecule has 7 heteroatoms. The minimum atomic E-state index is -0.411. The predicted molar refractivity (Wildman–Crippen MR) is 120 cm³/mol. The van der Waals surface area contributed by atoms with Crippen molar-refractivity contribution >= 4 is 45.7 Å². The van der Waals surface area contributed by atoms with Gasteiger partial charge in [0.05, 0.1) is 33.0 Å². The molecule has 0 saturated heterocycles. The number of aromatic nitrogens is 2. The molecule has 0 aliphatic rings. The number of ether oxygens (including phenoxy) is 1. The highest BCUT2D eigenvalue weighted by Crippen LogP contribution is 2.35. The fourth-order valence-corrected chi connectivity index (χ4v) is 3.64. The average Bonchev–Trinajstić information content (AvgIpc) is 2.71. The Morgan fingerprint density at radius 2 is 1.67 bits per heavy atom. The lowest BCUT2D eigenvalue weighted by atomic mass is 10.1. The van der Waals surface area contributed by atoms with E-state index in [0.29, 0.717) is 22.7 Å². The van der Waals surface area contributed by atoms with Crippen LogP contribution in [0.5, 0.6) is 11.5 Å². The van der Waals surface area contributed by atoms with Crippen molar-refractivity contribution in [3.63, 3.8) is 0 Å². The smallest absolute Gasteiger partial charge is 0.258 e. The lowest BCUT2D eigenvalue weighted by Crippen LogP contribution is -2.13. The van der Waals surface area contributed by atoms with Crippen molar-refractivity contribution in [2.45, 2.75) is 13.8 Å². The summed E-state index contributed by atoms with van der Waals surface area (Å²) in [6.07, 6.45) is 3.38. The zero-order chi connectivity index (χ0) is 21.3. The van der Waals surface area contributed by atoms with Crippen molar-refractivity contribution in [1.29, 1.82) is 0 Å². The van der Waals surface area contributed by atoms with Crippen LogP contribution in [0.3, 0.4) is 0 Å². The number of halogens is 2. The van der Waals surface area contributed by atoms with Crippen LogP contribution in [0.15, 0.2) is 60.9 Å². The highest BCUT2D eigenvalue weighted by molar-refractivity contribution is 6.40. The van der Waals surface area contributed by atoms with Gasteiger partial charge in [0.2, 0.25) is 0 Å². The second kappa shape index (κ2) is 8.30. The number of anilines is 1. The van der Waals surface area contributed by atoms with E-state index in [1.807, 2.05) is 38.1 Å². The Labute approximate surface area is 183 Å². The average molecular weight is 438 g/mol. The van der Waals surface area contributed by atoms with E-state index in [-0.39, 0.29) is 15.6 Å². The van der Waals surface area contributed by atoms with Gasteiger partial charge in [-0.3, -0.25) is 14.8 Å². The molecule has 0 spiro atoms. The Bertz CT molecular complexity index is 1240. The van der Waals surface area contributed by atoms with Crippen LogP contribution < -0.4 is 10.1 Å². The molecule has 0 aliphatic carbocycles. The minimum Gasteiger partial charge on any atom is -0.455 e. The first-order valence-electron chi connectivity index (χ1n) is 9.18. The van der Waals surface area contributed by atoms with Gasteiger partial charge in [-0.15, -0.1) is 0 Å². The standard InChI is InChI=1S/C23H17Cl2N3O2/c1-13-11-27-21-16(22(13)30-15-10-9-14(2)26-12-15)5-3-8-19(21)28-23(29)20-17(24)6-4-7-18(20)25/h3-12H,1-2H3,(H,28,29). The molecule has 0 aliphatic heterocycles. The third kappa shape index (κ3) is 3.95. The predicted octanol–water partition coefficient (Wildman–Crippen LogP) is 6.60. The molecule has 2 aromatic heterocycles. The third-order valence-electron chi connectivity index (χ3n) is 4.57. The highest BCUT2D eigenvalue weighted by atomic mass is 35.5.